The van der Waals surface area contributed by atoms with Crippen LogP contribution in [-0.4, -0.2) is 35.7 Å². The van der Waals surface area contributed by atoms with Gasteiger partial charge in [0.1, 0.15) is 17.7 Å². The lowest BCUT2D eigenvalue weighted by Gasteiger charge is -2.15. The molecule has 0 aliphatic carbocycles. The van der Waals surface area contributed by atoms with E-state index >= 15 is 0 Å². The highest BCUT2D eigenvalue weighted by Gasteiger charge is 2.31. The maximum absolute atomic E-state index is 12.7. The number of hydrogen-bond donors (Lipinski definition) is 3. The van der Waals surface area contributed by atoms with Crippen molar-refractivity contribution in [3.63, 3.8) is 0 Å². The molecule has 1 rings (SSSR count). The van der Waals surface area contributed by atoms with Crippen LogP contribution in [0.1, 0.15) is 18.9 Å². The largest absolute Gasteiger partial charge is 0.416 e. The van der Waals surface area contributed by atoms with Crippen molar-refractivity contribution < 1.29 is 27.1 Å². The SMILES string of the molecule is CCCNc1cc(C(F)(F)F)cc(NCC(O)C(F)F)n1. The molecule has 0 saturated heterocycles. The first-order valence-corrected chi connectivity index (χ1v) is 6.27. The summed E-state index contributed by atoms with van der Waals surface area (Å²) in [7, 11) is 0. The van der Waals surface area contributed by atoms with E-state index in [0.29, 0.717) is 19.0 Å². The zero-order chi connectivity index (χ0) is 16.0. The van der Waals surface area contributed by atoms with Gasteiger partial charge in [-0.2, -0.15) is 13.2 Å². The van der Waals surface area contributed by atoms with Gasteiger partial charge in [-0.05, 0) is 18.6 Å². The van der Waals surface area contributed by atoms with Gasteiger partial charge in [-0.1, -0.05) is 6.92 Å². The number of aliphatic hydroxyl groups is 1. The summed E-state index contributed by atoms with van der Waals surface area (Å²) in [6.45, 7) is 1.66. The minimum atomic E-state index is -4.58. The molecule has 9 heteroatoms. The summed E-state index contributed by atoms with van der Waals surface area (Å²) in [5.74, 6) is -0.246. The zero-order valence-corrected chi connectivity index (χ0v) is 11.2. The van der Waals surface area contributed by atoms with Gasteiger partial charge in [-0.15, -0.1) is 0 Å². The third-order valence-electron chi connectivity index (χ3n) is 2.49. The first kappa shape index (κ1) is 17.4. The summed E-state index contributed by atoms with van der Waals surface area (Å²) < 4.78 is 62.5. The minimum absolute atomic E-state index is 0.0132. The van der Waals surface area contributed by atoms with Gasteiger partial charge in [0.05, 0.1) is 5.56 Å². The molecule has 0 spiro atoms. The number of aliphatic hydroxyl groups excluding tert-OH is 1. The smallest absolute Gasteiger partial charge is 0.385 e. The van der Waals surface area contributed by atoms with Crippen molar-refractivity contribution >= 4 is 11.6 Å². The normalized spacial score (nSPS) is 13.3. The average molecular weight is 313 g/mol. The van der Waals surface area contributed by atoms with Gasteiger partial charge in [0.15, 0.2) is 0 Å². The summed E-state index contributed by atoms with van der Waals surface area (Å²) in [4.78, 5) is 3.84. The molecule has 0 radical (unpaired) electrons. The molecule has 120 valence electrons. The standard InChI is InChI=1S/C12H16F5N3O/c1-2-3-18-9-4-7(12(15,16)17)5-10(20-9)19-6-8(21)11(13)14/h4-5,8,11,21H,2-3,6H2,1H3,(H2,18,19,20). The van der Waals surface area contributed by atoms with E-state index in [-0.39, 0.29) is 11.6 Å². The van der Waals surface area contributed by atoms with Crippen LogP contribution in [0.25, 0.3) is 0 Å². The van der Waals surface area contributed by atoms with Crippen molar-refractivity contribution in [1.82, 2.24) is 4.98 Å². The highest BCUT2D eigenvalue weighted by molar-refractivity contribution is 5.49. The molecule has 0 aliphatic rings. The van der Waals surface area contributed by atoms with Crippen molar-refractivity contribution in [3.8, 4) is 0 Å². The Morgan fingerprint density at radius 3 is 2.24 bits per heavy atom. The average Bonchev–Trinajstić information content (AvgIpc) is 2.41. The molecule has 4 nitrogen and oxygen atoms in total. The van der Waals surface area contributed by atoms with E-state index in [1.54, 1.807) is 0 Å². The van der Waals surface area contributed by atoms with Crippen LogP contribution in [-0.2, 0) is 6.18 Å². The number of hydrogen-bond acceptors (Lipinski definition) is 4. The second kappa shape index (κ2) is 7.39. The second-order valence-corrected chi connectivity index (χ2v) is 4.33. The summed E-state index contributed by atoms with van der Waals surface area (Å²) in [6.07, 6.45) is -8.86. The lowest BCUT2D eigenvalue weighted by atomic mass is 10.2. The van der Waals surface area contributed by atoms with Crippen LogP contribution in [0, 0.1) is 0 Å². The van der Waals surface area contributed by atoms with Crippen molar-refractivity contribution in [2.45, 2.75) is 32.1 Å². The molecule has 0 aliphatic heterocycles. The summed E-state index contributed by atoms with van der Waals surface area (Å²) >= 11 is 0. The number of pyridine rings is 1. The summed E-state index contributed by atoms with van der Waals surface area (Å²) in [5, 5.41) is 13.9. The van der Waals surface area contributed by atoms with E-state index in [1.807, 2.05) is 6.92 Å². The predicted octanol–water partition coefficient (Wildman–Crippen LogP) is 2.96. The van der Waals surface area contributed by atoms with E-state index in [2.05, 4.69) is 15.6 Å². The van der Waals surface area contributed by atoms with Crippen molar-refractivity contribution in [3.05, 3.63) is 17.7 Å². The second-order valence-electron chi connectivity index (χ2n) is 4.33. The number of nitrogens with one attached hydrogen (secondary N) is 2. The van der Waals surface area contributed by atoms with E-state index in [9.17, 15) is 22.0 Å². The van der Waals surface area contributed by atoms with E-state index in [4.69, 9.17) is 5.11 Å². The van der Waals surface area contributed by atoms with E-state index in [1.165, 1.54) is 0 Å². The first-order chi connectivity index (χ1) is 9.74. The Morgan fingerprint density at radius 1 is 1.19 bits per heavy atom. The van der Waals surface area contributed by atoms with Gasteiger partial charge in [-0.25, -0.2) is 13.8 Å². The highest BCUT2D eigenvalue weighted by atomic mass is 19.4. The number of alkyl halides is 5. The number of rotatable bonds is 7. The molecule has 0 fully saturated rings. The summed E-state index contributed by atoms with van der Waals surface area (Å²) in [5.41, 5.74) is -0.954. The quantitative estimate of drug-likeness (QED) is 0.678. The fourth-order valence-corrected chi connectivity index (χ4v) is 1.43. The number of aromatic nitrogens is 1. The number of nitrogens with zero attached hydrogens (tertiary/aromatic N) is 1. The maximum Gasteiger partial charge on any atom is 0.416 e. The molecular weight excluding hydrogens is 297 g/mol. The van der Waals surface area contributed by atoms with Gasteiger partial charge in [0.2, 0.25) is 0 Å². The molecule has 1 unspecified atom stereocenters. The Kier molecular flexibility index (Phi) is 6.13. The van der Waals surface area contributed by atoms with Crippen LogP contribution in [0.2, 0.25) is 0 Å². The van der Waals surface area contributed by atoms with Gasteiger partial charge >= 0.3 is 6.18 Å². The topological polar surface area (TPSA) is 57.2 Å². The lowest BCUT2D eigenvalue weighted by Crippen LogP contribution is -2.27. The van der Waals surface area contributed by atoms with Crippen molar-refractivity contribution in [2.75, 3.05) is 23.7 Å². The molecule has 1 aromatic heterocycles. The molecule has 1 heterocycles. The van der Waals surface area contributed by atoms with Crippen LogP contribution in [0.15, 0.2) is 12.1 Å². The Bertz CT molecular complexity index is 453. The van der Waals surface area contributed by atoms with E-state index < -0.39 is 30.8 Å². The van der Waals surface area contributed by atoms with Crippen molar-refractivity contribution in [2.24, 2.45) is 0 Å². The Morgan fingerprint density at radius 2 is 1.76 bits per heavy atom. The fourth-order valence-electron chi connectivity index (χ4n) is 1.43. The third-order valence-corrected chi connectivity index (χ3v) is 2.49. The molecule has 1 atom stereocenters. The van der Waals surface area contributed by atoms with Gasteiger partial charge < -0.3 is 15.7 Å². The van der Waals surface area contributed by atoms with Crippen molar-refractivity contribution in [1.29, 1.82) is 0 Å². The van der Waals surface area contributed by atoms with Crippen LogP contribution in [0.4, 0.5) is 33.6 Å². The maximum atomic E-state index is 12.7. The Balaban J connectivity index is 2.91. The lowest BCUT2D eigenvalue weighted by molar-refractivity contribution is -0.137. The summed E-state index contributed by atoms with van der Waals surface area (Å²) in [6, 6.07) is 1.54. The highest BCUT2D eigenvalue weighted by Crippen LogP contribution is 2.32. The zero-order valence-electron chi connectivity index (χ0n) is 11.2. The third kappa shape index (κ3) is 5.70. The predicted molar refractivity (Wildman–Crippen MR) is 68.5 cm³/mol. The Hall–Kier alpha value is -1.64. The van der Waals surface area contributed by atoms with Crippen LogP contribution >= 0.6 is 0 Å². The van der Waals surface area contributed by atoms with Gasteiger partial charge in [0, 0.05) is 13.1 Å². The van der Waals surface area contributed by atoms with E-state index in [0.717, 1.165) is 6.07 Å². The molecule has 0 bridgehead atoms. The molecule has 3 N–H and O–H groups in total. The first-order valence-electron chi connectivity index (χ1n) is 6.27. The molecular formula is C12H16F5N3O. The molecule has 0 aromatic carbocycles. The fraction of sp³-hybridized carbons (Fsp3) is 0.583. The molecule has 0 amide bonds. The van der Waals surface area contributed by atoms with Gasteiger partial charge in [0.25, 0.3) is 6.43 Å². The molecule has 0 saturated carbocycles. The number of anilines is 2. The minimum Gasteiger partial charge on any atom is -0.385 e. The number of halogens is 5. The molecule has 21 heavy (non-hydrogen) atoms. The van der Waals surface area contributed by atoms with Crippen LogP contribution in [0.3, 0.4) is 0 Å². The molecule has 1 aromatic rings. The van der Waals surface area contributed by atoms with Crippen LogP contribution < -0.4 is 10.6 Å². The van der Waals surface area contributed by atoms with Crippen LogP contribution in [0.5, 0.6) is 0 Å². The Labute approximate surface area is 118 Å². The monoisotopic (exact) mass is 313 g/mol. The van der Waals surface area contributed by atoms with Gasteiger partial charge in [-0.3, -0.25) is 0 Å².